The molecule has 0 fully saturated rings. The summed E-state index contributed by atoms with van der Waals surface area (Å²) in [6, 6.07) is 18.5. The molecular weight excluding hydrogens is 401 g/mol. The van der Waals surface area contributed by atoms with Crippen LogP contribution in [-0.4, -0.2) is 18.0 Å². The normalized spacial score (nSPS) is 11.4. The Morgan fingerprint density at radius 3 is 2.26 bits per heavy atom. The molecule has 3 aromatic rings. The van der Waals surface area contributed by atoms with Crippen LogP contribution in [0.25, 0.3) is 5.57 Å². The van der Waals surface area contributed by atoms with Gasteiger partial charge < -0.3 is 9.47 Å². The third-order valence-corrected chi connectivity index (χ3v) is 4.30. The average molecular weight is 419 g/mol. The van der Waals surface area contributed by atoms with Crippen molar-refractivity contribution in [2.45, 2.75) is 0 Å². The number of methoxy groups -OCH3 is 1. The van der Waals surface area contributed by atoms with E-state index in [-0.39, 0.29) is 17.3 Å². The molecule has 0 aliphatic carbocycles. The first-order valence-electron chi connectivity index (χ1n) is 9.21. The van der Waals surface area contributed by atoms with Crippen LogP contribution in [0.4, 0.5) is 10.1 Å². The fraction of sp³-hybridized carbons (Fsp3) is 0.0417. The fourth-order valence-corrected chi connectivity index (χ4v) is 2.79. The number of rotatable bonds is 7. The zero-order valence-corrected chi connectivity index (χ0v) is 16.5. The Kier molecular flexibility index (Phi) is 6.90. The number of hydrogen-bond donors (Lipinski definition) is 0. The molecule has 0 saturated carbocycles. The van der Waals surface area contributed by atoms with Gasteiger partial charge in [-0.2, -0.15) is 0 Å². The minimum Gasteiger partial charge on any atom is -0.497 e. The van der Waals surface area contributed by atoms with E-state index < -0.39 is 10.9 Å². The van der Waals surface area contributed by atoms with Crippen molar-refractivity contribution in [3.05, 3.63) is 118 Å². The molecule has 7 heteroatoms. The predicted octanol–water partition coefficient (Wildman–Crippen LogP) is 5.34. The Morgan fingerprint density at radius 1 is 0.968 bits per heavy atom. The van der Waals surface area contributed by atoms with E-state index in [0.717, 1.165) is 5.56 Å². The largest absolute Gasteiger partial charge is 0.497 e. The summed E-state index contributed by atoms with van der Waals surface area (Å²) >= 11 is 0. The first-order chi connectivity index (χ1) is 15.0. The lowest BCUT2D eigenvalue weighted by Crippen LogP contribution is -2.03. The molecule has 0 radical (unpaired) electrons. The highest BCUT2D eigenvalue weighted by Crippen LogP contribution is 2.26. The maximum absolute atomic E-state index is 13.8. The molecule has 6 nitrogen and oxygen atoms in total. The molecule has 156 valence electrons. The van der Waals surface area contributed by atoms with Crippen molar-refractivity contribution in [1.29, 1.82) is 0 Å². The first kappa shape index (κ1) is 21.4. The maximum Gasteiger partial charge on any atom is 0.336 e. The Bertz CT molecular complexity index is 1140. The van der Waals surface area contributed by atoms with Crippen molar-refractivity contribution in [2.24, 2.45) is 0 Å². The van der Waals surface area contributed by atoms with Gasteiger partial charge in [-0.15, -0.1) is 0 Å². The fourth-order valence-electron chi connectivity index (χ4n) is 2.79. The highest BCUT2D eigenvalue weighted by atomic mass is 19.1. The van der Waals surface area contributed by atoms with Gasteiger partial charge in [0.1, 0.15) is 17.3 Å². The molecular formula is C24H18FNO5. The van der Waals surface area contributed by atoms with Gasteiger partial charge >= 0.3 is 5.97 Å². The number of allylic oxidation sites excluding steroid dienone is 2. The minimum atomic E-state index is -0.654. The molecule has 0 spiro atoms. The predicted molar refractivity (Wildman–Crippen MR) is 114 cm³/mol. The van der Waals surface area contributed by atoms with Crippen molar-refractivity contribution in [3.63, 3.8) is 0 Å². The summed E-state index contributed by atoms with van der Waals surface area (Å²) in [4.78, 5) is 22.2. The van der Waals surface area contributed by atoms with Crippen LogP contribution >= 0.6 is 0 Å². The van der Waals surface area contributed by atoms with E-state index in [0.29, 0.717) is 16.9 Å². The molecule has 0 atom stereocenters. The van der Waals surface area contributed by atoms with Gasteiger partial charge in [0, 0.05) is 18.2 Å². The third-order valence-electron chi connectivity index (χ3n) is 4.30. The van der Waals surface area contributed by atoms with Crippen molar-refractivity contribution in [2.75, 3.05) is 7.11 Å². The number of carbonyl (C=O) groups is 1. The smallest absolute Gasteiger partial charge is 0.336 e. The van der Waals surface area contributed by atoms with Crippen LogP contribution in [0.1, 0.15) is 11.1 Å². The Hall–Kier alpha value is -4.26. The van der Waals surface area contributed by atoms with Crippen LogP contribution in [-0.2, 0) is 4.79 Å². The number of halogens is 1. The Balaban J connectivity index is 1.81. The number of nitro benzene ring substituents is 1. The molecule has 0 aliphatic heterocycles. The van der Waals surface area contributed by atoms with Gasteiger partial charge in [0.25, 0.3) is 5.69 Å². The van der Waals surface area contributed by atoms with Crippen molar-refractivity contribution in [3.8, 4) is 11.5 Å². The summed E-state index contributed by atoms with van der Waals surface area (Å²) in [5.74, 6) is -0.161. The molecule has 0 unspecified atom stereocenters. The second kappa shape index (κ2) is 9.98. The number of benzene rings is 3. The molecule has 3 aromatic carbocycles. The van der Waals surface area contributed by atoms with Crippen LogP contribution in [0.3, 0.4) is 0 Å². The Labute approximate surface area is 178 Å². The molecule has 0 saturated heterocycles. The number of ether oxygens (including phenoxy) is 2. The third kappa shape index (κ3) is 5.86. The van der Waals surface area contributed by atoms with Gasteiger partial charge in [-0.3, -0.25) is 10.1 Å². The molecule has 0 N–H and O–H groups in total. The Morgan fingerprint density at radius 2 is 1.65 bits per heavy atom. The standard InChI is InChI=1S/C24H18FNO5/c1-30-21-12-8-17(9-13-21)23(18-4-2-5-19(25)16-18)6-3-7-24(27)31-22-14-10-20(11-15-22)26(28)29/h2-16H,1H3/b7-3+,23-6-. The molecule has 31 heavy (non-hydrogen) atoms. The molecule has 0 bridgehead atoms. The summed E-state index contributed by atoms with van der Waals surface area (Å²) in [6.45, 7) is 0. The second-order valence-corrected chi connectivity index (χ2v) is 6.35. The summed E-state index contributed by atoms with van der Waals surface area (Å²) in [5, 5.41) is 10.7. The number of non-ortho nitro benzene ring substituents is 1. The lowest BCUT2D eigenvalue weighted by molar-refractivity contribution is -0.384. The SMILES string of the molecule is COc1ccc(/C(=C/C=C/C(=O)Oc2ccc([N+](=O)[O-])cc2)c2cccc(F)c2)cc1. The average Bonchev–Trinajstić information content (AvgIpc) is 2.77. The molecule has 0 heterocycles. The summed E-state index contributed by atoms with van der Waals surface area (Å²) in [6.07, 6.45) is 4.39. The van der Waals surface area contributed by atoms with E-state index in [2.05, 4.69) is 0 Å². The monoisotopic (exact) mass is 419 g/mol. The van der Waals surface area contributed by atoms with E-state index in [1.165, 1.54) is 48.6 Å². The maximum atomic E-state index is 13.8. The quantitative estimate of drug-likeness (QED) is 0.129. The number of nitrogens with zero attached hydrogens (tertiary/aromatic N) is 1. The summed E-state index contributed by atoms with van der Waals surface area (Å²) < 4.78 is 24.1. The number of carbonyl (C=O) groups excluding carboxylic acids is 1. The van der Waals surface area contributed by atoms with Crippen LogP contribution in [0.2, 0.25) is 0 Å². The van der Waals surface area contributed by atoms with Gasteiger partial charge in [0.15, 0.2) is 0 Å². The molecule has 0 aliphatic rings. The number of esters is 1. The minimum absolute atomic E-state index is 0.0995. The molecule has 0 aromatic heterocycles. The van der Waals surface area contributed by atoms with E-state index >= 15 is 0 Å². The van der Waals surface area contributed by atoms with Crippen LogP contribution in [0.5, 0.6) is 11.5 Å². The lowest BCUT2D eigenvalue weighted by Gasteiger charge is -2.09. The van der Waals surface area contributed by atoms with Crippen molar-refractivity contribution in [1.82, 2.24) is 0 Å². The second-order valence-electron chi connectivity index (χ2n) is 6.35. The van der Waals surface area contributed by atoms with Crippen LogP contribution < -0.4 is 9.47 Å². The van der Waals surface area contributed by atoms with Gasteiger partial charge in [0.05, 0.1) is 12.0 Å². The molecule has 3 rings (SSSR count). The number of hydrogen-bond acceptors (Lipinski definition) is 5. The highest BCUT2D eigenvalue weighted by molar-refractivity contribution is 5.86. The van der Waals surface area contributed by atoms with E-state index in [9.17, 15) is 19.3 Å². The van der Waals surface area contributed by atoms with E-state index in [4.69, 9.17) is 9.47 Å². The lowest BCUT2D eigenvalue weighted by atomic mass is 9.97. The molecule has 0 amide bonds. The first-order valence-corrected chi connectivity index (χ1v) is 9.21. The summed E-state index contributed by atoms with van der Waals surface area (Å²) in [5.41, 5.74) is 2.04. The zero-order chi connectivity index (χ0) is 22.2. The van der Waals surface area contributed by atoms with Gasteiger partial charge in [-0.1, -0.05) is 36.4 Å². The summed E-state index contributed by atoms with van der Waals surface area (Å²) in [7, 11) is 1.57. The van der Waals surface area contributed by atoms with Gasteiger partial charge in [0.2, 0.25) is 0 Å². The van der Waals surface area contributed by atoms with Crippen LogP contribution in [0, 0.1) is 15.9 Å². The highest BCUT2D eigenvalue weighted by Gasteiger charge is 2.08. The zero-order valence-electron chi connectivity index (χ0n) is 16.5. The van der Waals surface area contributed by atoms with Crippen molar-refractivity contribution < 1.29 is 23.6 Å². The topological polar surface area (TPSA) is 78.7 Å². The van der Waals surface area contributed by atoms with E-state index in [1.807, 2.05) is 12.1 Å². The van der Waals surface area contributed by atoms with Gasteiger partial charge in [-0.05, 0) is 53.1 Å². The van der Waals surface area contributed by atoms with Gasteiger partial charge in [-0.25, -0.2) is 9.18 Å². The van der Waals surface area contributed by atoms with E-state index in [1.54, 1.807) is 37.5 Å². The van der Waals surface area contributed by atoms with Crippen molar-refractivity contribution >= 4 is 17.2 Å². The number of nitro groups is 1. The van der Waals surface area contributed by atoms with Crippen LogP contribution in [0.15, 0.2) is 91.0 Å².